The Morgan fingerprint density at radius 3 is 2.47 bits per heavy atom. The van der Waals surface area contributed by atoms with Crippen molar-refractivity contribution >= 4 is 0 Å². The van der Waals surface area contributed by atoms with Crippen molar-refractivity contribution in [3.8, 4) is 0 Å². The maximum atomic E-state index is 5.63. The molecule has 0 amide bonds. The summed E-state index contributed by atoms with van der Waals surface area (Å²) in [6.45, 7) is 10.3. The van der Waals surface area contributed by atoms with Crippen LogP contribution in [0.4, 0.5) is 0 Å². The Morgan fingerprint density at radius 1 is 1.24 bits per heavy atom. The largest absolute Gasteiger partial charge is 0.376 e. The van der Waals surface area contributed by atoms with Crippen LogP contribution in [0, 0.1) is 0 Å². The molecule has 1 aromatic heterocycles. The quantitative estimate of drug-likeness (QED) is 0.810. The molecule has 0 bridgehead atoms. The third-order valence-electron chi connectivity index (χ3n) is 2.78. The van der Waals surface area contributed by atoms with E-state index in [1.54, 1.807) is 0 Å². The summed E-state index contributed by atoms with van der Waals surface area (Å²) in [4.78, 5) is 4.60. The van der Waals surface area contributed by atoms with E-state index < -0.39 is 0 Å². The highest BCUT2D eigenvalue weighted by Crippen LogP contribution is 2.22. The molecule has 1 aliphatic heterocycles. The second kappa shape index (κ2) is 5.14. The van der Waals surface area contributed by atoms with Gasteiger partial charge in [-0.1, -0.05) is 13.8 Å². The van der Waals surface area contributed by atoms with E-state index in [9.17, 15) is 0 Å². The first-order chi connectivity index (χ1) is 8.09. The SMILES string of the molecule is CC(C)c1nc(C2COCCO2)nn1C(C)C. The van der Waals surface area contributed by atoms with Gasteiger partial charge >= 0.3 is 0 Å². The van der Waals surface area contributed by atoms with Gasteiger partial charge in [-0.05, 0) is 13.8 Å². The summed E-state index contributed by atoms with van der Waals surface area (Å²) in [5.41, 5.74) is 0. The molecule has 1 unspecified atom stereocenters. The van der Waals surface area contributed by atoms with Gasteiger partial charge in [0.25, 0.3) is 0 Å². The fourth-order valence-corrected chi connectivity index (χ4v) is 1.90. The van der Waals surface area contributed by atoms with E-state index in [2.05, 4.69) is 37.8 Å². The van der Waals surface area contributed by atoms with Crippen molar-refractivity contribution in [2.45, 2.75) is 45.8 Å². The van der Waals surface area contributed by atoms with E-state index in [1.165, 1.54) is 0 Å². The molecule has 1 fully saturated rings. The van der Waals surface area contributed by atoms with Crippen LogP contribution in [0.2, 0.25) is 0 Å². The van der Waals surface area contributed by atoms with Crippen molar-refractivity contribution < 1.29 is 9.47 Å². The molecule has 0 radical (unpaired) electrons. The normalized spacial score (nSPS) is 21.4. The van der Waals surface area contributed by atoms with Crippen molar-refractivity contribution in [3.63, 3.8) is 0 Å². The minimum absolute atomic E-state index is 0.110. The smallest absolute Gasteiger partial charge is 0.182 e. The predicted octanol–water partition coefficient (Wildman–Crippen LogP) is 2.07. The molecule has 0 N–H and O–H groups in total. The first kappa shape index (κ1) is 12.5. The summed E-state index contributed by atoms with van der Waals surface area (Å²) in [6, 6.07) is 0.318. The molecule has 0 saturated carbocycles. The van der Waals surface area contributed by atoms with E-state index in [4.69, 9.17) is 9.47 Å². The van der Waals surface area contributed by atoms with Gasteiger partial charge in [-0.2, -0.15) is 5.10 Å². The zero-order chi connectivity index (χ0) is 12.4. The number of hydrogen-bond acceptors (Lipinski definition) is 4. The molecule has 96 valence electrons. The molecular weight excluding hydrogens is 218 g/mol. The highest BCUT2D eigenvalue weighted by molar-refractivity contribution is 5.02. The molecule has 17 heavy (non-hydrogen) atoms. The molecule has 1 aliphatic rings. The van der Waals surface area contributed by atoms with Crippen molar-refractivity contribution in [1.82, 2.24) is 14.8 Å². The van der Waals surface area contributed by atoms with Gasteiger partial charge in [-0.15, -0.1) is 0 Å². The van der Waals surface area contributed by atoms with Crippen molar-refractivity contribution in [2.75, 3.05) is 19.8 Å². The second-order valence-electron chi connectivity index (χ2n) is 4.96. The van der Waals surface area contributed by atoms with Gasteiger partial charge in [0, 0.05) is 12.0 Å². The minimum atomic E-state index is -0.110. The molecule has 1 aromatic rings. The number of nitrogens with zero attached hydrogens (tertiary/aromatic N) is 3. The molecule has 2 heterocycles. The molecule has 0 aliphatic carbocycles. The summed E-state index contributed by atoms with van der Waals surface area (Å²) in [5, 5.41) is 4.56. The van der Waals surface area contributed by atoms with Crippen molar-refractivity contribution in [1.29, 1.82) is 0 Å². The van der Waals surface area contributed by atoms with Gasteiger partial charge in [0.05, 0.1) is 19.8 Å². The maximum absolute atomic E-state index is 5.63. The molecule has 5 heteroatoms. The predicted molar refractivity (Wildman–Crippen MR) is 64.0 cm³/mol. The Morgan fingerprint density at radius 2 is 2.00 bits per heavy atom. The summed E-state index contributed by atoms with van der Waals surface area (Å²) in [7, 11) is 0. The van der Waals surface area contributed by atoms with Crippen LogP contribution in [0.5, 0.6) is 0 Å². The third kappa shape index (κ3) is 2.66. The fourth-order valence-electron chi connectivity index (χ4n) is 1.90. The maximum Gasteiger partial charge on any atom is 0.182 e. The van der Waals surface area contributed by atoms with Gasteiger partial charge in [-0.3, -0.25) is 0 Å². The summed E-state index contributed by atoms with van der Waals surface area (Å²) in [6.07, 6.45) is -0.110. The van der Waals surface area contributed by atoms with Crippen LogP contribution in [0.25, 0.3) is 0 Å². The molecule has 0 spiro atoms. The number of aromatic nitrogens is 3. The number of ether oxygens (including phenoxy) is 2. The number of rotatable bonds is 3. The molecule has 1 atom stereocenters. The third-order valence-corrected chi connectivity index (χ3v) is 2.78. The van der Waals surface area contributed by atoms with Crippen LogP contribution in [0.15, 0.2) is 0 Å². The first-order valence-electron chi connectivity index (χ1n) is 6.25. The van der Waals surface area contributed by atoms with Crippen LogP contribution in [-0.4, -0.2) is 34.6 Å². The lowest BCUT2D eigenvalue weighted by molar-refractivity contribution is -0.0935. The standard InChI is InChI=1S/C12H21N3O2/c1-8(2)12-13-11(14-15(12)9(3)4)10-7-16-5-6-17-10/h8-10H,5-7H2,1-4H3. The Kier molecular flexibility index (Phi) is 3.79. The molecular formula is C12H21N3O2. The molecule has 2 rings (SSSR count). The van der Waals surface area contributed by atoms with Gasteiger partial charge in [0.2, 0.25) is 0 Å². The van der Waals surface area contributed by atoms with Gasteiger partial charge < -0.3 is 9.47 Å². The Balaban J connectivity index is 2.26. The van der Waals surface area contributed by atoms with Crippen LogP contribution in [0.3, 0.4) is 0 Å². The van der Waals surface area contributed by atoms with Gasteiger partial charge in [0.1, 0.15) is 11.9 Å². The molecule has 0 aromatic carbocycles. The van der Waals surface area contributed by atoms with Crippen molar-refractivity contribution in [3.05, 3.63) is 11.6 Å². The monoisotopic (exact) mass is 239 g/mol. The molecule has 5 nitrogen and oxygen atoms in total. The Labute approximate surface area is 102 Å². The summed E-state index contributed by atoms with van der Waals surface area (Å²) >= 11 is 0. The van der Waals surface area contributed by atoms with Crippen LogP contribution >= 0.6 is 0 Å². The molecule has 1 saturated heterocycles. The van der Waals surface area contributed by atoms with Crippen LogP contribution < -0.4 is 0 Å². The van der Waals surface area contributed by atoms with Crippen LogP contribution in [-0.2, 0) is 9.47 Å². The highest BCUT2D eigenvalue weighted by Gasteiger charge is 2.24. The van der Waals surface area contributed by atoms with E-state index in [1.807, 2.05) is 4.68 Å². The second-order valence-corrected chi connectivity index (χ2v) is 4.96. The zero-order valence-electron chi connectivity index (χ0n) is 11.0. The fraction of sp³-hybridized carbons (Fsp3) is 0.833. The average molecular weight is 239 g/mol. The van der Waals surface area contributed by atoms with E-state index >= 15 is 0 Å². The van der Waals surface area contributed by atoms with E-state index in [-0.39, 0.29) is 6.10 Å². The average Bonchev–Trinajstić information content (AvgIpc) is 2.75. The van der Waals surface area contributed by atoms with E-state index in [0.717, 1.165) is 11.6 Å². The van der Waals surface area contributed by atoms with Gasteiger partial charge in [0.15, 0.2) is 5.82 Å². The van der Waals surface area contributed by atoms with Crippen molar-refractivity contribution in [2.24, 2.45) is 0 Å². The lowest BCUT2D eigenvalue weighted by Gasteiger charge is -2.20. The first-order valence-corrected chi connectivity index (χ1v) is 6.25. The summed E-state index contributed by atoms with van der Waals surface area (Å²) in [5.74, 6) is 2.13. The highest BCUT2D eigenvalue weighted by atomic mass is 16.6. The zero-order valence-corrected chi connectivity index (χ0v) is 11.0. The van der Waals surface area contributed by atoms with Crippen LogP contribution in [0.1, 0.15) is 57.4 Å². The number of hydrogen-bond donors (Lipinski definition) is 0. The lowest BCUT2D eigenvalue weighted by atomic mass is 10.2. The Hall–Kier alpha value is -0.940. The summed E-state index contributed by atoms with van der Waals surface area (Å²) < 4.78 is 13.0. The Bertz CT molecular complexity index is 342. The van der Waals surface area contributed by atoms with Gasteiger partial charge in [-0.25, -0.2) is 9.67 Å². The minimum Gasteiger partial charge on any atom is -0.376 e. The topological polar surface area (TPSA) is 49.2 Å². The van der Waals surface area contributed by atoms with E-state index in [0.29, 0.717) is 31.8 Å². The lowest BCUT2D eigenvalue weighted by Crippen LogP contribution is -2.23.